The summed E-state index contributed by atoms with van der Waals surface area (Å²) in [6.45, 7) is 2.70. The summed E-state index contributed by atoms with van der Waals surface area (Å²) in [5.74, 6) is 0.872. The Kier molecular flexibility index (Phi) is 7.44. The van der Waals surface area contributed by atoms with Crippen LogP contribution in [-0.2, 0) is 0 Å². The Bertz CT molecular complexity index is 1360. The third kappa shape index (κ3) is 5.73. The van der Waals surface area contributed by atoms with Gasteiger partial charge in [-0.2, -0.15) is 0 Å². The lowest BCUT2D eigenvalue weighted by molar-refractivity contribution is 0.0977. The summed E-state index contributed by atoms with van der Waals surface area (Å²) in [5, 5.41) is 15.5. The van der Waals surface area contributed by atoms with E-state index in [1.54, 1.807) is 54.6 Å². The average molecular weight is 540 g/mol. The molecule has 0 aliphatic rings. The van der Waals surface area contributed by atoms with E-state index in [4.69, 9.17) is 21.4 Å². The highest BCUT2D eigenvalue weighted by molar-refractivity contribution is 9.10. The van der Waals surface area contributed by atoms with Crippen molar-refractivity contribution >= 4 is 56.0 Å². The molecule has 1 heterocycles. The fourth-order valence-electron chi connectivity index (χ4n) is 3.17. The van der Waals surface area contributed by atoms with Crippen LogP contribution in [0.5, 0.6) is 11.5 Å². The number of rotatable bonds is 7. The molecule has 0 spiro atoms. The number of oxazole rings is 1. The highest BCUT2D eigenvalue weighted by Gasteiger charge is 2.13. The number of fused-ring (bicyclic) bond motifs is 1. The number of anilines is 1. The average Bonchev–Trinajstić information content (AvgIpc) is 3.24. The molecule has 0 radical (unpaired) electrons. The van der Waals surface area contributed by atoms with Gasteiger partial charge in [-0.05, 0) is 89.2 Å². The molecule has 0 fully saturated rings. The number of hydrogen-bond donors (Lipinski definition) is 3. The Morgan fingerprint density at radius 1 is 1.18 bits per heavy atom. The quantitative estimate of drug-likeness (QED) is 0.188. The van der Waals surface area contributed by atoms with Crippen LogP contribution in [0.25, 0.3) is 22.6 Å². The molecule has 0 aliphatic heterocycles. The van der Waals surface area contributed by atoms with Gasteiger partial charge >= 0.3 is 0 Å². The lowest BCUT2D eigenvalue weighted by Gasteiger charge is -2.10. The molecule has 0 atom stereocenters. The number of nitrogens with one attached hydrogen (secondary N) is 2. The SMILES string of the molecule is CCCCOc1cccc(C(=O)NC(=S)Nc2ccc3oc(-c4ccc(O)c(Br)c4)nc3c2)c1. The first-order valence-corrected chi connectivity index (χ1v) is 11.9. The van der Waals surface area contributed by atoms with Crippen LogP contribution in [0, 0.1) is 0 Å². The van der Waals surface area contributed by atoms with Crippen molar-refractivity contribution < 1.29 is 19.1 Å². The molecule has 0 aliphatic carbocycles. The summed E-state index contributed by atoms with van der Waals surface area (Å²) >= 11 is 8.61. The molecule has 0 unspecified atom stereocenters. The second-order valence-corrected chi connectivity index (χ2v) is 8.77. The molecule has 9 heteroatoms. The van der Waals surface area contributed by atoms with E-state index in [1.165, 1.54) is 0 Å². The van der Waals surface area contributed by atoms with Gasteiger partial charge in [-0.15, -0.1) is 0 Å². The molecule has 4 aromatic rings. The van der Waals surface area contributed by atoms with Crippen LogP contribution >= 0.6 is 28.1 Å². The van der Waals surface area contributed by atoms with Gasteiger partial charge in [0.2, 0.25) is 5.89 Å². The van der Waals surface area contributed by atoms with Gasteiger partial charge in [0, 0.05) is 16.8 Å². The van der Waals surface area contributed by atoms with Gasteiger partial charge in [0.15, 0.2) is 10.7 Å². The predicted octanol–water partition coefficient (Wildman–Crippen LogP) is 6.27. The molecule has 3 N–H and O–H groups in total. The summed E-state index contributed by atoms with van der Waals surface area (Å²) in [6.07, 6.45) is 1.99. The van der Waals surface area contributed by atoms with Crippen molar-refractivity contribution in [2.24, 2.45) is 0 Å². The minimum absolute atomic E-state index is 0.137. The second-order valence-electron chi connectivity index (χ2n) is 7.51. The van der Waals surface area contributed by atoms with E-state index in [0.29, 0.717) is 45.1 Å². The number of aromatic hydroxyl groups is 1. The number of phenols is 1. The van der Waals surface area contributed by atoms with Crippen molar-refractivity contribution in [2.45, 2.75) is 19.8 Å². The highest BCUT2D eigenvalue weighted by Crippen LogP contribution is 2.31. The summed E-state index contributed by atoms with van der Waals surface area (Å²) in [4.78, 5) is 17.1. The van der Waals surface area contributed by atoms with E-state index in [2.05, 4.69) is 38.5 Å². The number of thiocarbonyl (C=S) groups is 1. The van der Waals surface area contributed by atoms with Gasteiger partial charge in [0.05, 0.1) is 11.1 Å². The Balaban J connectivity index is 1.42. The first-order valence-electron chi connectivity index (χ1n) is 10.7. The van der Waals surface area contributed by atoms with E-state index in [0.717, 1.165) is 18.4 Å². The zero-order valence-corrected chi connectivity index (χ0v) is 20.7. The maximum atomic E-state index is 12.6. The number of carbonyl (C=O) groups excluding carboxylic acids is 1. The van der Waals surface area contributed by atoms with Crippen molar-refractivity contribution in [1.29, 1.82) is 0 Å². The number of amides is 1. The van der Waals surface area contributed by atoms with Gasteiger partial charge in [-0.25, -0.2) is 4.98 Å². The number of hydrogen-bond acceptors (Lipinski definition) is 6. The van der Waals surface area contributed by atoms with Crippen LogP contribution in [0.1, 0.15) is 30.1 Å². The van der Waals surface area contributed by atoms with Crippen LogP contribution in [0.3, 0.4) is 0 Å². The van der Waals surface area contributed by atoms with Gasteiger partial charge in [0.25, 0.3) is 5.91 Å². The van der Waals surface area contributed by atoms with Crippen molar-refractivity contribution in [3.63, 3.8) is 0 Å². The molecule has 7 nitrogen and oxygen atoms in total. The first-order chi connectivity index (χ1) is 16.4. The monoisotopic (exact) mass is 539 g/mol. The van der Waals surface area contributed by atoms with Crippen LogP contribution in [-0.4, -0.2) is 27.7 Å². The topological polar surface area (TPSA) is 96.6 Å². The van der Waals surface area contributed by atoms with Gasteiger partial charge in [0.1, 0.15) is 17.0 Å². The minimum atomic E-state index is -0.332. The lowest BCUT2D eigenvalue weighted by Crippen LogP contribution is -2.34. The van der Waals surface area contributed by atoms with Crippen LogP contribution in [0.15, 0.2) is 69.6 Å². The van der Waals surface area contributed by atoms with Crippen LogP contribution < -0.4 is 15.4 Å². The zero-order chi connectivity index (χ0) is 24.1. The highest BCUT2D eigenvalue weighted by atomic mass is 79.9. The normalized spacial score (nSPS) is 10.8. The van der Waals surface area contributed by atoms with E-state index in [-0.39, 0.29) is 16.8 Å². The minimum Gasteiger partial charge on any atom is -0.507 e. The maximum Gasteiger partial charge on any atom is 0.257 e. The van der Waals surface area contributed by atoms with Crippen LogP contribution in [0.2, 0.25) is 0 Å². The summed E-state index contributed by atoms with van der Waals surface area (Å²) in [5.41, 5.74) is 3.05. The number of unbranched alkanes of at least 4 members (excludes halogenated alkanes) is 1. The standard InChI is InChI=1S/C25H22BrN3O4S/c1-2-3-11-32-18-6-4-5-15(12-18)23(31)29-25(34)27-17-8-10-22-20(14-17)28-24(33-22)16-7-9-21(30)19(26)13-16/h4-10,12-14,30H,2-3,11H2,1H3,(H2,27,29,31,34). The lowest BCUT2D eigenvalue weighted by atomic mass is 10.2. The molecule has 0 bridgehead atoms. The van der Waals surface area contributed by atoms with E-state index in [1.807, 2.05) is 6.07 Å². The largest absolute Gasteiger partial charge is 0.507 e. The van der Waals surface area contributed by atoms with Gasteiger partial charge < -0.3 is 19.6 Å². The summed E-state index contributed by atoms with van der Waals surface area (Å²) in [6, 6.07) is 17.3. The number of halogens is 1. The van der Waals surface area contributed by atoms with E-state index < -0.39 is 0 Å². The molecule has 0 saturated heterocycles. The van der Waals surface area contributed by atoms with E-state index in [9.17, 15) is 9.90 Å². The Morgan fingerprint density at radius 3 is 2.82 bits per heavy atom. The number of nitrogens with zero attached hydrogens (tertiary/aromatic N) is 1. The zero-order valence-electron chi connectivity index (χ0n) is 18.3. The number of ether oxygens (including phenoxy) is 1. The molecule has 1 aromatic heterocycles. The molecule has 4 rings (SSSR count). The smallest absolute Gasteiger partial charge is 0.257 e. The van der Waals surface area contributed by atoms with Gasteiger partial charge in [-0.1, -0.05) is 19.4 Å². The number of benzene rings is 3. The van der Waals surface area contributed by atoms with E-state index >= 15 is 0 Å². The maximum absolute atomic E-state index is 12.6. The number of carbonyl (C=O) groups is 1. The molecule has 174 valence electrons. The van der Waals surface area contributed by atoms with Crippen LogP contribution in [0.4, 0.5) is 5.69 Å². The fourth-order valence-corrected chi connectivity index (χ4v) is 3.76. The summed E-state index contributed by atoms with van der Waals surface area (Å²) in [7, 11) is 0. The fraction of sp³-hybridized carbons (Fsp3) is 0.160. The van der Waals surface area contributed by atoms with Crippen molar-refractivity contribution in [3.05, 3.63) is 70.7 Å². The summed E-state index contributed by atoms with van der Waals surface area (Å²) < 4.78 is 12.0. The molecule has 3 aromatic carbocycles. The van der Waals surface area contributed by atoms with Crippen molar-refractivity contribution in [1.82, 2.24) is 10.3 Å². The predicted molar refractivity (Wildman–Crippen MR) is 139 cm³/mol. The molecule has 1 amide bonds. The van der Waals surface area contributed by atoms with Gasteiger partial charge in [-0.3, -0.25) is 10.1 Å². The Hall–Kier alpha value is -3.43. The Labute approximate surface area is 210 Å². The first kappa shape index (κ1) is 23.7. The van der Waals surface area contributed by atoms with Crippen molar-refractivity contribution in [3.8, 4) is 23.0 Å². The number of aromatic nitrogens is 1. The third-order valence-corrected chi connectivity index (χ3v) is 5.77. The molecular formula is C25H22BrN3O4S. The molecule has 0 saturated carbocycles. The molecular weight excluding hydrogens is 518 g/mol. The Morgan fingerprint density at radius 2 is 2.03 bits per heavy atom. The number of phenolic OH excluding ortho intramolecular Hbond substituents is 1. The van der Waals surface area contributed by atoms with Crippen molar-refractivity contribution in [2.75, 3.05) is 11.9 Å². The third-order valence-electron chi connectivity index (χ3n) is 4.93. The molecule has 34 heavy (non-hydrogen) atoms. The second kappa shape index (κ2) is 10.7.